The molecule has 0 saturated carbocycles. The molecule has 0 N–H and O–H groups in total. The van der Waals surface area contributed by atoms with Crippen molar-refractivity contribution in [3.8, 4) is 0 Å². The van der Waals surface area contributed by atoms with Crippen molar-refractivity contribution in [3.05, 3.63) is 144 Å². The summed E-state index contributed by atoms with van der Waals surface area (Å²) in [6.07, 6.45) is 0. The average Bonchev–Trinajstić information content (AvgIpc) is 2.86. The van der Waals surface area contributed by atoms with Crippen molar-refractivity contribution in [1.82, 2.24) is 0 Å². The summed E-state index contributed by atoms with van der Waals surface area (Å²) in [5, 5.41) is 0. The van der Waals surface area contributed by atoms with Gasteiger partial charge in [-0.1, -0.05) is 0 Å². The van der Waals surface area contributed by atoms with Crippen molar-refractivity contribution < 1.29 is 24.0 Å². The summed E-state index contributed by atoms with van der Waals surface area (Å²) in [5.41, 5.74) is 4.92. The molecule has 4 aromatic rings. The van der Waals surface area contributed by atoms with Gasteiger partial charge in [0.1, 0.15) is 0 Å². The second-order valence-corrected chi connectivity index (χ2v) is 13.0. The van der Waals surface area contributed by atoms with E-state index in [9.17, 15) is 0 Å². The monoisotopic (exact) mass is 444 g/mol. The summed E-state index contributed by atoms with van der Waals surface area (Å²) < 4.78 is 13.3. The zero-order valence-corrected chi connectivity index (χ0v) is 19.6. The van der Waals surface area contributed by atoms with Crippen molar-refractivity contribution >= 4 is 0 Å². The van der Waals surface area contributed by atoms with Crippen LogP contribution < -0.4 is 0 Å². The van der Waals surface area contributed by atoms with Crippen LogP contribution in [-0.4, -0.2) is 14.2 Å². The average molecular weight is 444 g/mol. The Labute approximate surface area is 189 Å². The standard InChI is InChI=1S/2C13H11.2CH3O.Ti/c2*1-3-7-12(8-4-1)11-13-9-5-2-6-10-13;2*1-2;/h2*1-11H;2*1H3;/q;;2*-1;+2. The zero-order chi connectivity index (χ0) is 21.5. The van der Waals surface area contributed by atoms with Gasteiger partial charge in [-0.05, 0) is 0 Å². The van der Waals surface area contributed by atoms with E-state index in [0.717, 1.165) is 0 Å². The minimum atomic E-state index is -3.67. The van der Waals surface area contributed by atoms with Crippen molar-refractivity contribution in [1.29, 1.82) is 0 Å². The van der Waals surface area contributed by atoms with Gasteiger partial charge in [-0.2, -0.15) is 0 Å². The van der Waals surface area contributed by atoms with Gasteiger partial charge in [0, 0.05) is 0 Å². The van der Waals surface area contributed by atoms with E-state index in [1.807, 2.05) is 14.2 Å². The summed E-state index contributed by atoms with van der Waals surface area (Å²) in [6.45, 7) is 0. The molecular weight excluding hydrogens is 416 g/mol. The SMILES string of the molecule is C[O][Ti]([O]C)([CH](c1ccccc1)c1ccccc1)[CH](c1ccccc1)c1ccccc1. The molecule has 2 nitrogen and oxygen atoms in total. The fraction of sp³-hybridized carbons (Fsp3) is 0.143. The molecule has 0 aliphatic carbocycles. The molecule has 0 bridgehead atoms. The van der Waals surface area contributed by atoms with Crippen LogP contribution in [0.3, 0.4) is 0 Å². The van der Waals surface area contributed by atoms with E-state index >= 15 is 0 Å². The maximum atomic E-state index is 6.59. The number of benzene rings is 4. The quantitative estimate of drug-likeness (QED) is 0.277. The third kappa shape index (κ3) is 4.44. The predicted molar refractivity (Wildman–Crippen MR) is 123 cm³/mol. The predicted octanol–water partition coefficient (Wildman–Crippen LogP) is 6.84. The first-order valence-electron chi connectivity index (χ1n) is 10.6. The van der Waals surface area contributed by atoms with E-state index in [1.54, 1.807) is 0 Å². The Hall–Kier alpha value is -2.49. The second-order valence-electron chi connectivity index (χ2n) is 7.64. The minimum absolute atomic E-state index is 0.0443. The molecule has 31 heavy (non-hydrogen) atoms. The molecule has 156 valence electrons. The van der Waals surface area contributed by atoms with E-state index in [2.05, 4.69) is 121 Å². The molecular formula is C28H28O2Ti. The third-order valence-electron chi connectivity index (χ3n) is 5.97. The van der Waals surface area contributed by atoms with E-state index < -0.39 is 17.4 Å². The summed E-state index contributed by atoms with van der Waals surface area (Å²) >= 11 is -3.67. The Balaban J connectivity index is 2.00. The molecule has 0 saturated heterocycles. The normalized spacial score (nSPS) is 11.7. The fourth-order valence-electron chi connectivity index (χ4n) is 4.62. The Morgan fingerprint density at radius 3 is 0.839 bits per heavy atom. The van der Waals surface area contributed by atoms with Gasteiger partial charge in [0.15, 0.2) is 0 Å². The molecule has 0 aromatic heterocycles. The molecule has 0 radical (unpaired) electrons. The van der Waals surface area contributed by atoms with Gasteiger partial charge in [0.25, 0.3) is 0 Å². The van der Waals surface area contributed by atoms with Gasteiger partial charge in [-0.3, -0.25) is 0 Å². The van der Waals surface area contributed by atoms with Crippen molar-refractivity contribution in [2.75, 3.05) is 14.2 Å². The van der Waals surface area contributed by atoms with E-state index in [4.69, 9.17) is 6.64 Å². The molecule has 0 unspecified atom stereocenters. The summed E-state index contributed by atoms with van der Waals surface area (Å²) in [5.74, 6) is 0. The van der Waals surface area contributed by atoms with Crippen LogP contribution in [0.2, 0.25) is 0 Å². The van der Waals surface area contributed by atoms with Crippen molar-refractivity contribution in [2.45, 2.75) is 8.45 Å². The second kappa shape index (κ2) is 10.2. The maximum absolute atomic E-state index is 6.59. The third-order valence-corrected chi connectivity index (χ3v) is 12.6. The molecule has 0 heterocycles. The molecule has 4 rings (SSSR count). The molecule has 0 amide bonds. The molecule has 0 spiro atoms. The Kier molecular flexibility index (Phi) is 7.16. The Bertz CT molecular complexity index is 885. The molecule has 4 aromatic carbocycles. The Morgan fingerprint density at radius 1 is 0.419 bits per heavy atom. The van der Waals surface area contributed by atoms with Crippen molar-refractivity contribution in [3.63, 3.8) is 0 Å². The van der Waals surface area contributed by atoms with Crippen LogP contribution in [0.4, 0.5) is 0 Å². The number of rotatable bonds is 8. The summed E-state index contributed by atoms with van der Waals surface area (Å²) in [4.78, 5) is 0. The first-order valence-corrected chi connectivity index (χ1v) is 13.7. The zero-order valence-electron chi connectivity index (χ0n) is 18.0. The van der Waals surface area contributed by atoms with Crippen LogP contribution in [0.15, 0.2) is 121 Å². The van der Waals surface area contributed by atoms with Crippen LogP contribution in [0.5, 0.6) is 0 Å². The van der Waals surface area contributed by atoms with E-state index in [-0.39, 0.29) is 8.45 Å². The Morgan fingerprint density at radius 2 is 0.645 bits per heavy atom. The molecule has 0 fully saturated rings. The first-order chi connectivity index (χ1) is 15.3. The molecule has 0 aliphatic rings. The van der Waals surface area contributed by atoms with Crippen LogP contribution in [0.1, 0.15) is 30.7 Å². The van der Waals surface area contributed by atoms with Gasteiger partial charge in [-0.25, -0.2) is 0 Å². The van der Waals surface area contributed by atoms with Gasteiger partial charge >= 0.3 is 190 Å². The summed E-state index contributed by atoms with van der Waals surface area (Å²) in [6, 6.07) is 42.6. The van der Waals surface area contributed by atoms with Gasteiger partial charge in [0.05, 0.1) is 0 Å². The van der Waals surface area contributed by atoms with Crippen LogP contribution in [0, 0.1) is 0 Å². The van der Waals surface area contributed by atoms with Gasteiger partial charge in [0.2, 0.25) is 0 Å². The number of hydrogen-bond acceptors (Lipinski definition) is 2. The van der Waals surface area contributed by atoms with Crippen LogP contribution in [-0.2, 0) is 24.0 Å². The first kappa shape index (κ1) is 21.7. The van der Waals surface area contributed by atoms with Gasteiger partial charge in [-0.15, -0.1) is 0 Å². The topological polar surface area (TPSA) is 18.5 Å². The van der Waals surface area contributed by atoms with Crippen LogP contribution >= 0.6 is 0 Å². The fourth-order valence-corrected chi connectivity index (χ4v) is 11.0. The van der Waals surface area contributed by atoms with E-state index in [1.165, 1.54) is 22.3 Å². The number of hydrogen-bond donors (Lipinski definition) is 0. The summed E-state index contributed by atoms with van der Waals surface area (Å²) in [7, 11) is 3.67. The molecule has 3 heteroatoms. The van der Waals surface area contributed by atoms with E-state index in [0.29, 0.717) is 0 Å². The molecule has 0 atom stereocenters. The molecule has 0 aliphatic heterocycles. The van der Waals surface area contributed by atoms with Crippen molar-refractivity contribution in [2.24, 2.45) is 0 Å². The van der Waals surface area contributed by atoms with Gasteiger partial charge < -0.3 is 0 Å². The van der Waals surface area contributed by atoms with Crippen LogP contribution in [0.25, 0.3) is 0 Å².